The number of hydrogen-bond donors (Lipinski definition) is 1. The highest BCUT2D eigenvalue weighted by molar-refractivity contribution is 5.85. The highest BCUT2D eigenvalue weighted by atomic mass is 16.7. The Morgan fingerprint density at radius 3 is 1.00 bits per heavy atom. The molecule has 6 heteroatoms. The maximum Gasteiger partial charge on any atom is 0.505 e. The maximum absolute atomic E-state index is 11.9. The molecule has 0 bridgehead atoms. The van der Waals surface area contributed by atoms with Crippen LogP contribution in [0, 0.1) is 0 Å². The minimum atomic E-state index is -1.21. The van der Waals surface area contributed by atoms with E-state index in [0.29, 0.717) is 12.8 Å². The topological polar surface area (TPSA) is 89.9 Å². The first-order valence-electron chi connectivity index (χ1n) is 18.9. The number of ether oxygens (including phenoxy) is 2. The van der Waals surface area contributed by atoms with Crippen molar-refractivity contribution < 1.29 is 29.0 Å². The van der Waals surface area contributed by atoms with Gasteiger partial charge < -0.3 is 14.6 Å². The monoisotopic (exact) mass is 637 g/mol. The van der Waals surface area contributed by atoms with Gasteiger partial charge >= 0.3 is 18.1 Å². The van der Waals surface area contributed by atoms with Crippen LogP contribution >= 0.6 is 0 Å². The summed E-state index contributed by atoms with van der Waals surface area (Å²) in [5.41, 5.74) is 0. The molecule has 0 aromatic carbocycles. The average molecular weight is 637 g/mol. The van der Waals surface area contributed by atoms with Crippen LogP contribution in [0.15, 0.2) is 24.3 Å². The molecule has 0 aliphatic rings. The molecular weight excluding hydrogens is 564 g/mol. The summed E-state index contributed by atoms with van der Waals surface area (Å²) in [6, 6.07) is 0. The number of carbonyl (C=O) groups is 3. The predicted molar refractivity (Wildman–Crippen MR) is 190 cm³/mol. The number of carboxylic acid groups (broad SMARTS) is 1. The number of allylic oxidation sites excluding steroid dienone is 4. The molecule has 1 N–H and O–H groups in total. The van der Waals surface area contributed by atoms with E-state index in [1.165, 1.54) is 128 Å². The van der Waals surface area contributed by atoms with Gasteiger partial charge in [-0.05, 0) is 71.1 Å². The van der Waals surface area contributed by atoms with Crippen molar-refractivity contribution in [1.29, 1.82) is 0 Å². The maximum atomic E-state index is 11.9. The van der Waals surface area contributed by atoms with Gasteiger partial charge in [-0.2, -0.15) is 0 Å². The number of unbranched alkanes of at least 4 members (excludes halogenated alkanes) is 22. The second kappa shape index (κ2) is 39.9. The highest BCUT2D eigenvalue weighted by Gasteiger charge is 2.09. The predicted octanol–water partition coefficient (Wildman–Crippen LogP) is 12.8. The van der Waals surface area contributed by atoms with Crippen molar-refractivity contribution in [3.05, 3.63) is 24.3 Å². The van der Waals surface area contributed by atoms with Crippen LogP contribution in [0.3, 0.4) is 0 Å². The molecule has 0 spiro atoms. The van der Waals surface area contributed by atoms with Gasteiger partial charge in [-0.3, -0.25) is 9.59 Å². The number of rotatable bonds is 31. The van der Waals surface area contributed by atoms with Crippen LogP contribution < -0.4 is 0 Å². The van der Waals surface area contributed by atoms with Crippen molar-refractivity contribution in [2.24, 2.45) is 0 Å². The zero-order valence-electron chi connectivity index (χ0n) is 29.8. The van der Waals surface area contributed by atoms with Crippen LogP contribution in [-0.2, 0) is 19.1 Å². The lowest BCUT2D eigenvalue weighted by molar-refractivity contribution is -0.159. The van der Waals surface area contributed by atoms with E-state index >= 15 is 0 Å². The molecule has 0 aliphatic carbocycles. The molecule has 264 valence electrons. The van der Waals surface area contributed by atoms with Crippen LogP contribution in [-0.4, -0.2) is 29.8 Å². The largest absolute Gasteiger partial charge is 0.505 e. The Hall–Kier alpha value is -2.11. The van der Waals surface area contributed by atoms with E-state index in [0.717, 1.165) is 38.5 Å². The summed E-state index contributed by atoms with van der Waals surface area (Å²) in [6.45, 7) is 6.38. The lowest BCUT2D eigenvalue weighted by Crippen LogP contribution is -2.11. The van der Waals surface area contributed by atoms with Gasteiger partial charge in [-0.25, -0.2) is 4.79 Å². The average Bonchev–Trinajstić information content (AvgIpc) is 3.01. The Morgan fingerprint density at radius 2 is 0.733 bits per heavy atom. The van der Waals surface area contributed by atoms with E-state index in [2.05, 4.69) is 42.9 Å². The van der Waals surface area contributed by atoms with E-state index in [1.807, 2.05) is 0 Å². The van der Waals surface area contributed by atoms with Crippen molar-refractivity contribution in [2.45, 2.75) is 201 Å². The van der Waals surface area contributed by atoms with Crippen molar-refractivity contribution in [3.8, 4) is 0 Å². The Morgan fingerprint density at radius 1 is 0.444 bits per heavy atom. The molecule has 0 aromatic heterocycles. The third kappa shape index (κ3) is 44.1. The number of carbonyl (C=O) groups excluding carboxylic acids is 2. The summed E-state index contributed by atoms with van der Waals surface area (Å²) in [4.78, 5) is 33.2. The molecule has 0 radical (unpaired) electrons. The second-order valence-corrected chi connectivity index (χ2v) is 12.2. The smallest absolute Gasteiger partial charge is 0.450 e. The molecule has 45 heavy (non-hydrogen) atoms. The fourth-order valence-electron chi connectivity index (χ4n) is 5.03. The van der Waals surface area contributed by atoms with E-state index in [9.17, 15) is 14.4 Å². The number of esters is 2. The fourth-order valence-corrected chi connectivity index (χ4v) is 5.03. The van der Waals surface area contributed by atoms with Gasteiger partial charge in [0.25, 0.3) is 0 Å². The molecule has 0 unspecified atom stereocenters. The molecule has 0 aromatic rings. The molecule has 0 atom stereocenters. The van der Waals surface area contributed by atoms with Gasteiger partial charge in [-0.1, -0.05) is 141 Å². The molecule has 6 nitrogen and oxygen atoms in total. The summed E-state index contributed by atoms with van der Waals surface area (Å²) < 4.78 is 8.95. The lowest BCUT2D eigenvalue weighted by Gasteiger charge is -2.04. The first kappa shape index (κ1) is 45.0. The van der Waals surface area contributed by atoms with E-state index in [-0.39, 0.29) is 18.5 Å². The molecule has 0 heterocycles. The van der Waals surface area contributed by atoms with E-state index in [4.69, 9.17) is 9.84 Å². The molecule has 0 saturated heterocycles. The Labute approximate surface area is 278 Å². The van der Waals surface area contributed by atoms with Gasteiger partial charge in [0.15, 0.2) is 0 Å². The second-order valence-electron chi connectivity index (χ2n) is 12.2. The van der Waals surface area contributed by atoms with Crippen LogP contribution in [0.4, 0.5) is 4.79 Å². The summed E-state index contributed by atoms with van der Waals surface area (Å²) in [5, 5.41) is 7.69. The van der Waals surface area contributed by atoms with Crippen LogP contribution in [0.5, 0.6) is 0 Å². The summed E-state index contributed by atoms with van der Waals surface area (Å²) >= 11 is 0. The molecular formula is C39H72O6. The summed E-state index contributed by atoms with van der Waals surface area (Å²) in [6.07, 6.45) is 41.0. The molecule has 0 aliphatic heterocycles. The number of hydrogen-bond acceptors (Lipinski definition) is 5. The molecule has 0 fully saturated rings. The first-order chi connectivity index (χ1) is 22.0. The highest BCUT2D eigenvalue weighted by Crippen LogP contribution is 2.12. The van der Waals surface area contributed by atoms with Gasteiger partial charge in [0.1, 0.15) is 0 Å². The third-order valence-electron chi connectivity index (χ3n) is 7.78. The van der Waals surface area contributed by atoms with Gasteiger partial charge in [0, 0.05) is 12.8 Å². The zero-order valence-corrected chi connectivity index (χ0v) is 29.8. The van der Waals surface area contributed by atoms with Crippen molar-refractivity contribution in [3.63, 3.8) is 0 Å². The fraction of sp³-hybridized carbons (Fsp3) is 0.821. The minimum absolute atomic E-state index is 0.231. The van der Waals surface area contributed by atoms with Crippen LogP contribution in [0.2, 0.25) is 0 Å². The Balaban J connectivity index is 0. The SMILES string of the molecule is CCCCCCCC/C=C\CCCCCCCC(=O)OC(=O)CCCCCCC/C=C\CCCCCCCC.CCOC(=O)O. The van der Waals surface area contributed by atoms with Gasteiger partial charge in [0.05, 0.1) is 6.61 Å². The zero-order chi connectivity index (χ0) is 33.5. The molecule has 0 saturated carbocycles. The van der Waals surface area contributed by atoms with E-state index in [1.54, 1.807) is 6.92 Å². The molecule has 0 amide bonds. The van der Waals surface area contributed by atoms with Crippen molar-refractivity contribution in [2.75, 3.05) is 6.61 Å². The van der Waals surface area contributed by atoms with Crippen LogP contribution in [0.1, 0.15) is 201 Å². The standard InChI is InChI=1S/C36H66O3.C3H6O3/c1-3-5-7-9-11-13-15-17-19-21-23-25-27-29-31-33-35(37)39-36(38)34-32-30-28-26-24-22-20-18-16-14-12-10-8-6-4-2;1-2-6-3(4)5/h17-20H,3-16,21-34H2,1-2H3;2H2,1H3,(H,4,5)/b19-17-,20-18-;. The quantitative estimate of drug-likeness (QED) is 0.0352. The summed E-state index contributed by atoms with van der Waals surface area (Å²) in [5.74, 6) is -0.684. The van der Waals surface area contributed by atoms with E-state index < -0.39 is 6.16 Å². The summed E-state index contributed by atoms with van der Waals surface area (Å²) in [7, 11) is 0. The Bertz CT molecular complexity index is 650. The Kier molecular flexibility index (Phi) is 39.9. The third-order valence-corrected chi connectivity index (χ3v) is 7.78. The normalized spacial score (nSPS) is 11.1. The lowest BCUT2D eigenvalue weighted by atomic mass is 10.1. The minimum Gasteiger partial charge on any atom is -0.450 e. The first-order valence-corrected chi connectivity index (χ1v) is 18.9. The van der Waals surface area contributed by atoms with Crippen LogP contribution in [0.25, 0.3) is 0 Å². The van der Waals surface area contributed by atoms with Crippen molar-refractivity contribution in [1.82, 2.24) is 0 Å². The van der Waals surface area contributed by atoms with Gasteiger partial charge in [-0.15, -0.1) is 0 Å². The molecule has 0 rings (SSSR count). The van der Waals surface area contributed by atoms with Crippen molar-refractivity contribution >= 4 is 18.1 Å². The van der Waals surface area contributed by atoms with Gasteiger partial charge in [0.2, 0.25) is 0 Å².